The molecule has 2 aliphatic carbocycles. The molecule has 2 aromatic carbocycles. The summed E-state index contributed by atoms with van der Waals surface area (Å²) in [5, 5.41) is 5.30. The van der Waals surface area contributed by atoms with Gasteiger partial charge in [-0.05, 0) is 63.4 Å². The Balaban J connectivity index is 2.23. The number of fused-ring (bicyclic) bond motifs is 5. The molecule has 0 saturated heterocycles. The maximum Gasteiger partial charge on any atom is -0.0103 e. The molecule has 0 N–H and O–H groups in total. The van der Waals surface area contributed by atoms with Crippen LogP contribution >= 0.6 is 0 Å². The van der Waals surface area contributed by atoms with E-state index >= 15 is 0 Å². The van der Waals surface area contributed by atoms with Gasteiger partial charge in [-0.1, -0.05) is 49.6 Å². The Bertz CT molecular complexity index is 795. The lowest BCUT2D eigenvalue weighted by molar-refractivity contribution is 0.667. The standard InChI is InChI=1S/C19H18/c1-3-6-14-12(2)15-10-9-13-11-18(13)19(15)17-8-5-4-7-16(14)17/h3-8,13,18H,1-2,9-11H2/b14-6+. The van der Waals surface area contributed by atoms with Crippen LogP contribution in [0.4, 0.5) is 0 Å². The fraction of sp³-hybridized carbons (Fsp3) is 0.263. The molecular weight excluding hydrogens is 228 g/mol. The molecule has 19 heavy (non-hydrogen) atoms. The number of allylic oxidation sites excluding steroid dienone is 1. The highest BCUT2D eigenvalue weighted by Gasteiger charge is 2.43. The molecule has 0 heterocycles. The van der Waals surface area contributed by atoms with Gasteiger partial charge in [-0.2, -0.15) is 0 Å². The minimum atomic E-state index is 0.812. The fourth-order valence-electron chi connectivity index (χ4n) is 3.87. The lowest BCUT2D eigenvalue weighted by Crippen LogP contribution is -2.31. The molecule has 0 amide bonds. The first-order valence-electron chi connectivity index (χ1n) is 7.16. The summed E-state index contributed by atoms with van der Waals surface area (Å²) in [4.78, 5) is 0. The van der Waals surface area contributed by atoms with E-state index in [2.05, 4.69) is 43.5 Å². The van der Waals surface area contributed by atoms with Gasteiger partial charge in [0, 0.05) is 0 Å². The summed E-state index contributed by atoms with van der Waals surface area (Å²) < 4.78 is 0. The molecule has 0 aliphatic heterocycles. The van der Waals surface area contributed by atoms with Crippen molar-refractivity contribution in [3.8, 4) is 0 Å². The molecule has 2 atom stereocenters. The zero-order valence-corrected chi connectivity index (χ0v) is 11.2. The maximum absolute atomic E-state index is 4.38. The highest BCUT2D eigenvalue weighted by atomic mass is 14.5. The zero-order valence-electron chi connectivity index (χ0n) is 11.2. The van der Waals surface area contributed by atoms with Crippen molar-refractivity contribution < 1.29 is 0 Å². The van der Waals surface area contributed by atoms with Crippen LogP contribution < -0.4 is 10.4 Å². The third-order valence-electron chi connectivity index (χ3n) is 4.86. The van der Waals surface area contributed by atoms with E-state index < -0.39 is 0 Å². The van der Waals surface area contributed by atoms with Crippen LogP contribution in [0.5, 0.6) is 0 Å². The molecule has 0 heteroatoms. The van der Waals surface area contributed by atoms with E-state index in [0.717, 1.165) is 11.8 Å². The molecule has 2 unspecified atom stereocenters. The van der Waals surface area contributed by atoms with Crippen LogP contribution in [0.2, 0.25) is 0 Å². The van der Waals surface area contributed by atoms with Gasteiger partial charge in [0.25, 0.3) is 0 Å². The average molecular weight is 246 g/mol. The molecule has 0 aromatic heterocycles. The summed E-state index contributed by atoms with van der Waals surface area (Å²) in [7, 11) is 0. The minimum absolute atomic E-state index is 0.812. The number of hydrogen-bond donors (Lipinski definition) is 0. The third kappa shape index (κ3) is 1.46. The Hall–Kier alpha value is -1.82. The Labute approximate surface area is 113 Å². The first-order chi connectivity index (χ1) is 9.31. The Morgan fingerprint density at radius 3 is 2.74 bits per heavy atom. The predicted molar refractivity (Wildman–Crippen MR) is 82.6 cm³/mol. The highest BCUT2D eigenvalue weighted by Crippen LogP contribution is 2.55. The molecule has 0 spiro atoms. The number of rotatable bonds is 1. The summed E-state index contributed by atoms with van der Waals surface area (Å²) in [5.41, 5.74) is 3.13. The van der Waals surface area contributed by atoms with Gasteiger partial charge in [-0.15, -0.1) is 0 Å². The molecule has 0 radical (unpaired) electrons. The van der Waals surface area contributed by atoms with Crippen molar-refractivity contribution in [2.75, 3.05) is 0 Å². The van der Waals surface area contributed by atoms with Crippen molar-refractivity contribution in [2.45, 2.75) is 25.2 Å². The topological polar surface area (TPSA) is 0 Å². The largest absolute Gasteiger partial charge is 0.0990 e. The Morgan fingerprint density at radius 1 is 1.16 bits per heavy atom. The molecule has 0 nitrogen and oxygen atoms in total. The van der Waals surface area contributed by atoms with E-state index in [0.29, 0.717) is 0 Å². The van der Waals surface area contributed by atoms with Gasteiger partial charge in [0.05, 0.1) is 0 Å². The van der Waals surface area contributed by atoms with Gasteiger partial charge in [0.2, 0.25) is 0 Å². The van der Waals surface area contributed by atoms with E-state index in [1.807, 2.05) is 6.08 Å². The van der Waals surface area contributed by atoms with E-state index in [1.165, 1.54) is 46.0 Å². The van der Waals surface area contributed by atoms with Gasteiger partial charge in [0.1, 0.15) is 0 Å². The number of hydrogen-bond acceptors (Lipinski definition) is 0. The van der Waals surface area contributed by atoms with Crippen molar-refractivity contribution in [3.63, 3.8) is 0 Å². The molecule has 2 aliphatic rings. The summed E-state index contributed by atoms with van der Waals surface area (Å²) in [5.74, 6) is 1.76. The van der Waals surface area contributed by atoms with Crippen LogP contribution in [-0.4, -0.2) is 0 Å². The summed E-state index contributed by atoms with van der Waals surface area (Å²) in [6.07, 6.45) is 7.95. The van der Waals surface area contributed by atoms with Crippen LogP contribution in [0, 0.1) is 5.92 Å². The predicted octanol–water partition coefficient (Wildman–Crippen LogP) is 3.27. The Morgan fingerprint density at radius 2 is 1.95 bits per heavy atom. The molecule has 1 fully saturated rings. The molecule has 94 valence electrons. The van der Waals surface area contributed by atoms with Gasteiger partial charge in [0.15, 0.2) is 0 Å². The second-order valence-electron chi connectivity index (χ2n) is 5.87. The lowest BCUT2D eigenvalue weighted by atomic mass is 9.85. The van der Waals surface area contributed by atoms with Crippen LogP contribution in [0.25, 0.3) is 23.4 Å². The monoisotopic (exact) mass is 246 g/mol. The second-order valence-corrected chi connectivity index (χ2v) is 5.87. The first-order valence-corrected chi connectivity index (χ1v) is 7.16. The molecular formula is C19H18. The van der Waals surface area contributed by atoms with E-state index in [9.17, 15) is 0 Å². The zero-order chi connectivity index (χ0) is 13.0. The van der Waals surface area contributed by atoms with Crippen LogP contribution in [0.15, 0.2) is 36.9 Å². The molecule has 0 bridgehead atoms. The quantitative estimate of drug-likeness (QED) is 0.724. The maximum atomic E-state index is 4.38. The van der Waals surface area contributed by atoms with E-state index in [1.54, 1.807) is 5.56 Å². The third-order valence-corrected chi connectivity index (χ3v) is 4.86. The highest BCUT2D eigenvalue weighted by molar-refractivity contribution is 5.89. The van der Waals surface area contributed by atoms with E-state index in [4.69, 9.17) is 0 Å². The lowest BCUT2D eigenvalue weighted by Gasteiger charge is -2.19. The van der Waals surface area contributed by atoms with Crippen LogP contribution in [0.3, 0.4) is 0 Å². The van der Waals surface area contributed by atoms with Crippen LogP contribution in [-0.2, 0) is 6.42 Å². The normalized spacial score (nSPS) is 24.9. The molecule has 1 saturated carbocycles. The first kappa shape index (κ1) is 11.0. The van der Waals surface area contributed by atoms with Crippen molar-refractivity contribution >= 4 is 23.4 Å². The minimum Gasteiger partial charge on any atom is -0.0990 e. The second kappa shape index (κ2) is 3.84. The molecule has 2 aromatic rings. The summed E-state index contributed by atoms with van der Waals surface area (Å²) in [6.45, 7) is 8.23. The van der Waals surface area contributed by atoms with Gasteiger partial charge in [-0.3, -0.25) is 0 Å². The van der Waals surface area contributed by atoms with Crippen LogP contribution in [0.1, 0.15) is 29.9 Å². The fourth-order valence-corrected chi connectivity index (χ4v) is 3.87. The van der Waals surface area contributed by atoms with Crippen molar-refractivity contribution in [2.24, 2.45) is 5.92 Å². The summed E-state index contributed by atoms with van der Waals surface area (Å²) >= 11 is 0. The average Bonchev–Trinajstić information content (AvgIpc) is 3.22. The van der Waals surface area contributed by atoms with Crippen molar-refractivity contribution in [3.05, 3.63) is 58.5 Å². The number of benzene rings is 2. The summed E-state index contributed by atoms with van der Waals surface area (Å²) in [6, 6.07) is 8.80. The Kier molecular flexibility index (Phi) is 2.23. The van der Waals surface area contributed by atoms with Gasteiger partial charge >= 0.3 is 0 Å². The molecule has 4 rings (SSSR count). The van der Waals surface area contributed by atoms with Gasteiger partial charge in [-0.25, -0.2) is 0 Å². The smallest absolute Gasteiger partial charge is 0.0103 e. The van der Waals surface area contributed by atoms with E-state index in [-0.39, 0.29) is 0 Å². The van der Waals surface area contributed by atoms with Gasteiger partial charge < -0.3 is 0 Å². The SMILES string of the molecule is C=C/C=c1\c(=C)c2c(c3ccccc13)C1CC1CC2. The van der Waals surface area contributed by atoms with Crippen molar-refractivity contribution in [1.29, 1.82) is 0 Å². The van der Waals surface area contributed by atoms with Crippen molar-refractivity contribution in [1.82, 2.24) is 0 Å².